The Bertz CT molecular complexity index is 1810. The van der Waals surface area contributed by atoms with E-state index in [1.54, 1.807) is 4.57 Å². The van der Waals surface area contributed by atoms with Crippen LogP contribution in [0.5, 0.6) is 0 Å². The molecule has 3 aromatic heterocycles. The van der Waals surface area contributed by atoms with Crippen LogP contribution in [-0.2, 0) is 18.4 Å². The molecule has 1 fully saturated rings. The molecule has 0 bridgehead atoms. The second kappa shape index (κ2) is 10.4. The third kappa shape index (κ3) is 4.87. The lowest BCUT2D eigenvalue weighted by Gasteiger charge is -2.12. The molecule has 9 nitrogen and oxygen atoms in total. The summed E-state index contributed by atoms with van der Waals surface area (Å²) < 4.78 is 37.6. The van der Waals surface area contributed by atoms with Gasteiger partial charge in [0.2, 0.25) is 0 Å². The molecule has 12 heteroatoms. The molecule has 2 aromatic carbocycles. The Balaban J connectivity index is 0.000000411. The maximum absolute atomic E-state index is 13.2. The van der Waals surface area contributed by atoms with Crippen molar-refractivity contribution in [2.24, 2.45) is 7.05 Å². The number of hydrogen-bond acceptors (Lipinski definition) is 4. The van der Waals surface area contributed by atoms with Crippen molar-refractivity contribution >= 4 is 27.8 Å². The van der Waals surface area contributed by atoms with E-state index < -0.39 is 12.1 Å². The molecule has 3 N–H and O–H groups in total. The van der Waals surface area contributed by atoms with Crippen molar-refractivity contribution in [3.63, 3.8) is 0 Å². The number of benzene rings is 2. The Morgan fingerprint density at radius 2 is 1.75 bits per heavy atom. The highest BCUT2D eigenvalue weighted by Gasteiger charge is 2.38. The minimum Gasteiger partial charge on any atom is -0.475 e. The lowest BCUT2D eigenvalue weighted by Crippen LogP contribution is -2.26. The molecule has 0 saturated carbocycles. The highest BCUT2D eigenvalue weighted by Crippen LogP contribution is 2.35. The first-order chi connectivity index (χ1) is 19.1. The Kier molecular flexibility index (Phi) is 6.99. The van der Waals surface area contributed by atoms with Gasteiger partial charge in [0.25, 0.3) is 0 Å². The van der Waals surface area contributed by atoms with Crippen molar-refractivity contribution in [3.05, 3.63) is 77.1 Å². The molecule has 0 radical (unpaired) electrons. The van der Waals surface area contributed by atoms with E-state index in [2.05, 4.69) is 39.3 Å². The topological polar surface area (TPSA) is 121 Å². The number of carboxylic acid groups (broad SMARTS) is 1. The molecule has 206 valence electrons. The summed E-state index contributed by atoms with van der Waals surface area (Å²) in [5.74, 6) is -2.76. The first-order valence-corrected chi connectivity index (χ1v) is 12.5. The monoisotopic (exact) mass is 550 g/mol. The van der Waals surface area contributed by atoms with E-state index in [1.807, 2.05) is 54.2 Å². The number of aromatic nitrogens is 4. The molecule has 0 spiro atoms. The molecule has 1 aliphatic rings. The number of aryl methyl sites for hydroxylation is 1. The maximum atomic E-state index is 13.2. The number of nitriles is 1. The fourth-order valence-corrected chi connectivity index (χ4v) is 5.24. The van der Waals surface area contributed by atoms with Crippen LogP contribution in [0.25, 0.3) is 38.8 Å². The largest absolute Gasteiger partial charge is 0.490 e. The highest BCUT2D eigenvalue weighted by molar-refractivity contribution is 5.98. The number of hydrogen-bond donors (Lipinski definition) is 3. The van der Waals surface area contributed by atoms with Crippen molar-refractivity contribution in [2.45, 2.75) is 31.6 Å². The number of carbonyl (C=O) groups is 1. The predicted molar refractivity (Wildman–Crippen MR) is 143 cm³/mol. The highest BCUT2D eigenvalue weighted by atomic mass is 19.4. The Morgan fingerprint density at radius 1 is 1.10 bits per heavy atom. The summed E-state index contributed by atoms with van der Waals surface area (Å²) in [4.78, 5) is 24.9. The molecular weight excluding hydrogens is 525 g/mol. The number of rotatable bonds is 4. The first-order valence-electron chi connectivity index (χ1n) is 12.5. The van der Waals surface area contributed by atoms with E-state index in [0.717, 1.165) is 52.6 Å². The fourth-order valence-electron chi connectivity index (χ4n) is 5.24. The Morgan fingerprint density at radius 3 is 2.38 bits per heavy atom. The van der Waals surface area contributed by atoms with E-state index in [4.69, 9.17) is 9.90 Å². The van der Waals surface area contributed by atoms with Gasteiger partial charge in [-0.2, -0.15) is 18.4 Å². The molecule has 0 unspecified atom stereocenters. The predicted octanol–water partition coefficient (Wildman–Crippen LogP) is 4.54. The van der Waals surface area contributed by atoms with E-state index in [-0.39, 0.29) is 11.4 Å². The summed E-state index contributed by atoms with van der Waals surface area (Å²) in [5.41, 5.74) is 4.34. The normalized spacial score (nSPS) is 15.2. The number of H-pyrrole nitrogens is 1. The van der Waals surface area contributed by atoms with Gasteiger partial charge in [-0.15, -0.1) is 0 Å². The molecule has 0 aliphatic carbocycles. The quantitative estimate of drug-likeness (QED) is 0.304. The van der Waals surface area contributed by atoms with Crippen LogP contribution in [-0.4, -0.2) is 48.5 Å². The zero-order valence-corrected chi connectivity index (χ0v) is 21.4. The van der Waals surface area contributed by atoms with Gasteiger partial charge in [-0.25, -0.2) is 9.59 Å². The van der Waals surface area contributed by atoms with Gasteiger partial charge in [-0.05, 0) is 31.5 Å². The van der Waals surface area contributed by atoms with Crippen LogP contribution < -0.4 is 11.0 Å². The van der Waals surface area contributed by atoms with Crippen molar-refractivity contribution in [2.75, 3.05) is 6.54 Å². The fraction of sp³-hybridized carbons (Fsp3) is 0.250. The van der Waals surface area contributed by atoms with E-state index in [1.165, 1.54) is 6.42 Å². The minimum absolute atomic E-state index is 0.273. The van der Waals surface area contributed by atoms with E-state index >= 15 is 0 Å². The molecule has 6 rings (SSSR count). The number of halogens is 3. The van der Waals surface area contributed by atoms with Crippen LogP contribution in [0.3, 0.4) is 0 Å². The van der Waals surface area contributed by atoms with Crippen LogP contribution >= 0.6 is 0 Å². The van der Waals surface area contributed by atoms with Crippen LogP contribution in [0.15, 0.2) is 65.7 Å². The zero-order valence-electron chi connectivity index (χ0n) is 21.4. The molecule has 1 saturated heterocycles. The SMILES string of the molecule is Cn1cc(-n2c(-c3cn(C[C@H]4CCCN4)c4ccccc34)c(C#N)[nH]c2=O)c2ccccc21.O=C(O)C(F)(F)F. The average molecular weight is 551 g/mol. The summed E-state index contributed by atoms with van der Waals surface area (Å²) in [6, 6.07) is 18.8. The third-order valence-corrected chi connectivity index (χ3v) is 6.99. The number of aliphatic carboxylic acids is 1. The number of nitrogens with zero attached hydrogens (tertiary/aromatic N) is 4. The molecule has 1 aliphatic heterocycles. The molecule has 4 heterocycles. The lowest BCUT2D eigenvalue weighted by molar-refractivity contribution is -0.192. The molecule has 5 aromatic rings. The van der Waals surface area contributed by atoms with E-state index in [9.17, 15) is 23.2 Å². The minimum atomic E-state index is -5.08. The lowest BCUT2D eigenvalue weighted by atomic mass is 10.1. The number of aromatic amines is 1. The number of fused-ring (bicyclic) bond motifs is 2. The molecule has 40 heavy (non-hydrogen) atoms. The number of carboxylic acids is 1. The van der Waals surface area contributed by atoms with Gasteiger partial charge in [-0.1, -0.05) is 36.4 Å². The summed E-state index contributed by atoms with van der Waals surface area (Å²) >= 11 is 0. The summed E-state index contributed by atoms with van der Waals surface area (Å²) in [6.07, 6.45) is 1.30. The molecule has 0 amide bonds. The van der Waals surface area contributed by atoms with Gasteiger partial charge < -0.3 is 19.6 Å². The Labute approximate surface area is 225 Å². The van der Waals surface area contributed by atoms with Gasteiger partial charge in [0.05, 0.1) is 11.4 Å². The van der Waals surface area contributed by atoms with E-state index in [0.29, 0.717) is 11.7 Å². The number of para-hydroxylation sites is 2. The second-order valence-electron chi connectivity index (χ2n) is 9.55. The van der Waals surface area contributed by atoms with Crippen LogP contribution in [0.2, 0.25) is 0 Å². The summed E-state index contributed by atoms with van der Waals surface area (Å²) in [7, 11) is 1.97. The maximum Gasteiger partial charge on any atom is 0.490 e. The van der Waals surface area contributed by atoms with Crippen molar-refractivity contribution < 1.29 is 23.1 Å². The number of alkyl halides is 3. The second-order valence-corrected chi connectivity index (χ2v) is 9.55. The number of nitrogens with one attached hydrogen (secondary N) is 2. The van der Waals surface area contributed by atoms with Crippen molar-refractivity contribution in [3.8, 4) is 23.0 Å². The third-order valence-electron chi connectivity index (χ3n) is 6.99. The van der Waals surface area contributed by atoms with Crippen LogP contribution in [0.4, 0.5) is 13.2 Å². The zero-order chi connectivity index (χ0) is 28.6. The van der Waals surface area contributed by atoms with Crippen molar-refractivity contribution in [1.82, 2.24) is 24.0 Å². The van der Waals surface area contributed by atoms with Gasteiger partial charge in [0.1, 0.15) is 11.8 Å². The van der Waals surface area contributed by atoms with Crippen molar-refractivity contribution in [1.29, 1.82) is 5.26 Å². The standard InChI is InChI=1S/C26H24N6O.C2HF3O2/c1-30-16-24(19-9-3-4-10-22(19)30)32-25(21(13-27)29-26(32)33)20-15-31(14-17-7-6-12-28-17)23-11-5-2-8-18(20)23;3-2(4,5)1(6)7/h2-5,8-11,15-17,28H,6-7,12,14H2,1H3,(H,29,33);(H,6,7)/t17-;/m1./s1. The van der Waals surface area contributed by atoms with Crippen LogP contribution in [0.1, 0.15) is 18.5 Å². The van der Waals surface area contributed by atoms with Crippen LogP contribution in [0, 0.1) is 11.3 Å². The summed E-state index contributed by atoms with van der Waals surface area (Å²) in [5, 5.41) is 22.6. The molecule has 1 atom stereocenters. The smallest absolute Gasteiger partial charge is 0.475 e. The number of imidazole rings is 1. The van der Waals surface area contributed by atoms with Gasteiger partial charge in [0.15, 0.2) is 0 Å². The van der Waals surface area contributed by atoms with Gasteiger partial charge in [-0.3, -0.25) is 9.55 Å². The first kappa shape index (κ1) is 26.8. The Hall–Kier alpha value is -4.76. The average Bonchev–Trinajstić information content (AvgIpc) is 3.70. The van der Waals surface area contributed by atoms with Gasteiger partial charge >= 0.3 is 17.8 Å². The summed E-state index contributed by atoms with van der Waals surface area (Å²) in [6.45, 7) is 1.90. The molecular formula is C28H25F3N6O3. The van der Waals surface area contributed by atoms with Gasteiger partial charge in [0, 0.05) is 59.4 Å².